The van der Waals surface area contributed by atoms with Gasteiger partial charge in [0.2, 0.25) is 11.8 Å². The van der Waals surface area contributed by atoms with Crippen LogP contribution in [0.5, 0.6) is 5.88 Å². The first-order valence-electron chi connectivity index (χ1n) is 7.10. The van der Waals surface area contributed by atoms with Crippen LogP contribution in [0.3, 0.4) is 0 Å². The Labute approximate surface area is 126 Å². The summed E-state index contributed by atoms with van der Waals surface area (Å²) in [6, 6.07) is 3.03. The van der Waals surface area contributed by atoms with Gasteiger partial charge in [-0.1, -0.05) is 0 Å². The molecular weight excluding hydrogens is 268 g/mol. The first-order chi connectivity index (χ1) is 9.58. The third-order valence-corrected chi connectivity index (χ3v) is 2.49. The van der Waals surface area contributed by atoms with Crippen LogP contribution in [0.4, 0.5) is 11.5 Å². The number of nitrogens with two attached hydrogens (primary N) is 1. The molecule has 1 aromatic heterocycles. The topological polar surface area (TPSA) is 89.3 Å². The minimum Gasteiger partial charge on any atom is -0.473 e. The van der Waals surface area contributed by atoms with Gasteiger partial charge < -0.3 is 21.1 Å². The van der Waals surface area contributed by atoms with Gasteiger partial charge in [-0.25, -0.2) is 0 Å². The molecule has 0 aliphatic carbocycles. The molecule has 0 saturated carbocycles. The van der Waals surface area contributed by atoms with Crippen LogP contribution in [0.15, 0.2) is 12.1 Å². The fourth-order valence-corrected chi connectivity index (χ4v) is 1.61. The van der Waals surface area contributed by atoms with E-state index < -0.39 is 6.04 Å². The Hall–Kier alpha value is -1.98. The second-order valence-corrected chi connectivity index (χ2v) is 6.36. The molecule has 4 N–H and O–H groups in total. The van der Waals surface area contributed by atoms with E-state index in [1.165, 1.54) is 0 Å². The summed E-state index contributed by atoms with van der Waals surface area (Å²) in [6.07, 6.45) is -0.0170. The third-order valence-electron chi connectivity index (χ3n) is 2.49. The Balaban J connectivity index is 2.76. The molecule has 6 nitrogen and oxygen atoms in total. The zero-order chi connectivity index (χ0) is 16.2. The number of amides is 1. The number of nitrogens with zero attached hydrogens (tertiary/aromatic N) is 1. The van der Waals surface area contributed by atoms with Crippen LogP contribution in [0.25, 0.3) is 0 Å². The number of rotatable bonds is 5. The molecule has 0 spiro atoms. The maximum absolute atomic E-state index is 12.0. The van der Waals surface area contributed by atoms with Gasteiger partial charge in [-0.05, 0) is 53.7 Å². The standard InChI is InChI=1S/C15H26N4O2/c1-9(2)21-14-11(16)7-8-12(18-14)17-10(3)13(20)19-15(4,5)6/h7-10H,16H2,1-6H3,(H,17,18)(H,19,20). The fourth-order valence-electron chi connectivity index (χ4n) is 1.61. The molecule has 1 aromatic rings. The minimum absolute atomic E-state index is 0.0170. The summed E-state index contributed by atoms with van der Waals surface area (Å²) in [7, 11) is 0. The number of aromatic nitrogens is 1. The molecule has 118 valence electrons. The van der Waals surface area contributed by atoms with Crippen molar-refractivity contribution in [3.8, 4) is 5.88 Å². The number of pyridine rings is 1. The van der Waals surface area contributed by atoms with Crippen molar-refractivity contribution in [3.63, 3.8) is 0 Å². The highest BCUT2D eigenvalue weighted by molar-refractivity contribution is 5.84. The summed E-state index contributed by atoms with van der Waals surface area (Å²) < 4.78 is 5.53. The molecule has 6 heteroatoms. The van der Waals surface area contributed by atoms with Gasteiger partial charge >= 0.3 is 0 Å². The van der Waals surface area contributed by atoms with Crippen molar-refractivity contribution in [2.45, 2.75) is 59.2 Å². The minimum atomic E-state index is -0.410. The van der Waals surface area contributed by atoms with Crippen molar-refractivity contribution in [2.75, 3.05) is 11.1 Å². The first-order valence-corrected chi connectivity index (χ1v) is 7.10. The van der Waals surface area contributed by atoms with Gasteiger partial charge in [-0.2, -0.15) is 4.98 Å². The second kappa shape index (κ2) is 6.65. The molecular formula is C15H26N4O2. The molecule has 0 saturated heterocycles. The van der Waals surface area contributed by atoms with Crippen molar-refractivity contribution in [2.24, 2.45) is 0 Å². The van der Waals surface area contributed by atoms with E-state index >= 15 is 0 Å². The molecule has 1 atom stereocenters. The van der Waals surface area contributed by atoms with Crippen LogP contribution in [0.2, 0.25) is 0 Å². The maximum atomic E-state index is 12.0. The third kappa shape index (κ3) is 5.89. The molecule has 0 radical (unpaired) electrons. The van der Waals surface area contributed by atoms with Gasteiger partial charge in [-0.15, -0.1) is 0 Å². The number of carbonyl (C=O) groups is 1. The number of anilines is 2. The van der Waals surface area contributed by atoms with Crippen molar-refractivity contribution >= 4 is 17.4 Å². The van der Waals surface area contributed by atoms with Gasteiger partial charge in [-0.3, -0.25) is 4.79 Å². The van der Waals surface area contributed by atoms with Crippen LogP contribution >= 0.6 is 0 Å². The summed E-state index contributed by atoms with van der Waals surface area (Å²) in [5.74, 6) is 0.835. The van der Waals surface area contributed by atoms with Crippen molar-refractivity contribution < 1.29 is 9.53 Å². The van der Waals surface area contributed by atoms with Gasteiger partial charge in [0.15, 0.2) is 0 Å². The Morgan fingerprint density at radius 2 is 1.90 bits per heavy atom. The molecule has 21 heavy (non-hydrogen) atoms. The normalized spacial score (nSPS) is 12.9. The molecule has 1 amide bonds. The summed E-state index contributed by atoms with van der Waals surface area (Å²) in [6.45, 7) is 11.4. The highest BCUT2D eigenvalue weighted by Gasteiger charge is 2.19. The molecule has 1 unspecified atom stereocenters. The SMILES string of the molecule is CC(C)Oc1nc(NC(C)C(=O)NC(C)(C)C)ccc1N. The summed E-state index contributed by atoms with van der Waals surface area (Å²) in [4.78, 5) is 16.3. The lowest BCUT2D eigenvalue weighted by atomic mass is 10.1. The highest BCUT2D eigenvalue weighted by Crippen LogP contribution is 2.22. The number of nitrogens with one attached hydrogen (secondary N) is 2. The van der Waals surface area contributed by atoms with Crippen molar-refractivity contribution in [1.82, 2.24) is 10.3 Å². The number of ether oxygens (including phenoxy) is 1. The van der Waals surface area contributed by atoms with Gasteiger partial charge in [0.05, 0.1) is 11.8 Å². The second-order valence-electron chi connectivity index (χ2n) is 6.36. The molecule has 1 rings (SSSR count). The Bertz CT molecular complexity index is 495. The van der Waals surface area contributed by atoms with E-state index in [9.17, 15) is 4.79 Å². The average Bonchev–Trinajstić information content (AvgIpc) is 2.30. The Kier molecular flexibility index (Phi) is 5.41. The van der Waals surface area contributed by atoms with Crippen LogP contribution in [0.1, 0.15) is 41.5 Å². The summed E-state index contributed by atoms with van der Waals surface area (Å²) >= 11 is 0. The smallest absolute Gasteiger partial charge is 0.242 e. The Morgan fingerprint density at radius 3 is 2.43 bits per heavy atom. The van der Waals surface area contributed by atoms with E-state index in [4.69, 9.17) is 10.5 Å². The molecule has 0 fully saturated rings. The van der Waals surface area contributed by atoms with E-state index in [2.05, 4.69) is 15.6 Å². The van der Waals surface area contributed by atoms with Crippen LogP contribution in [-0.2, 0) is 4.79 Å². The fraction of sp³-hybridized carbons (Fsp3) is 0.600. The average molecular weight is 294 g/mol. The molecule has 0 aliphatic heterocycles. The van der Waals surface area contributed by atoms with E-state index in [-0.39, 0.29) is 17.6 Å². The first kappa shape index (κ1) is 17.1. The molecule has 0 bridgehead atoms. The number of hydrogen-bond acceptors (Lipinski definition) is 5. The van der Waals surface area contributed by atoms with Crippen LogP contribution in [0, 0.1) is 0 Å². The van der Waals surface area contributed by atoms with Gasteiger partial charge in [0.25, 0.3) is 0 Å². The van der Waals surface area contributed by atoms with Gasteiger partial charge in [0, 0.05) is 5.54 Å². The predicted octanol–water partition coefficient (Wildman–Crippen LogP) is 2.17. The predicted molar refractivity (Wildman–Crippen MR) is 85.4 cm³/mol. The monoisotopic (exact) mass is 294 g/mol. The van der Waals surface area contributed by atoms with E-state index in [0.29, 0.717) is 17.4 Å². The van der Waals surface area contributed by atoms with Crippen molar-refractivity contribution in [1.29, 1.82) is 0 Å². The van der Waals surface area contributed by atoms with E-state index in [0.717, 1.165) is 0 Å². The van der Waals surface area contributed by atoms with Crippen molar-refractivity contribution in [3.05, 3.63) is 12.1 Å². The number of carbonyl (C=O) groups excluding carboxylic acids is 1. The number of nitrogen functional groups attached to an aromatic ring is 1. The summed E-state index contributed by atoms with van der Waals surface area (Å²) in [5, 5.41) is 5.96. The van der Waals surface area contributed by atoms with Gasteiger partial charge in [0.1, 0.15) is 11.9 Å². The Morgan fingerprint density at radius 1 is 1.29 bits per heavy atom. The maximum Gasteiger partial charge on any atom is 0.242 e. The van der Waals surface area contributed by atoms with Crippen LogP contribution in [-0.4, -0.2) is 28.6 Å². The molecule has 0 aromatic carbocycles. The zero-order valence-electron chi connectivity index (χ0n) is 13.7. The molecule has 0 aliphatic rings. The summed E-state index contributed by atoms with van der Waals surface area (Å²) in [5.41, 5.74) is 6.02. The largest absolute Gasteiger partial charge is 0.473 e. The lowest BCUT2D eigenvalue weighted by molar-refractivity contribution is -0.122. The lowest BCUT2D eigenvalue weighted by Gasteiger charge is -2.24. The zero-order valence-corrected chi connectivity index (χ0v) is 13.7. The quantitative estimate of drug-likeness (QED) is 0.774. The lowest BCUT2D eigenvalue weighted by Crippen LogP contribution is -2.47. The number of hydrogen-bond donors (Lipinski definition) is 3. The van der Waals surface area contributed by atoms with E-state index in [1.807, 2.05) is 34.6 Å². The van der Waals surface area contributed by atoms with E-state index in [1.54, 1.807) is 19.1 Å². The van der Waals surface area contributed by atoms with Crippen LogP contribution < -0.4 is 21.1 Å². The highest BCUT2D eigenvalue weighted by atomic mass is 16.5. The molecule has 1 heterocycles.